The van der Waals surface area contributed by atoms with Crippen LogP contribution in [0.5, 0.6) is 0 Å². The van der Waals surface area contributed by atoms with Crippen molar-refractivity contribution in [1.82, 2.24) is 0 Å². The molecule has 1 aliphatic carbocycles. The molecule has 0 saturated heterocycles. The second kappa shape index (κ2) is 6.99. The first kappa shape index (κ1) is 18.8. The Morgan fingerprint density at radius 3 is 2.00 bits per heavy atom. The minimum Gasteiger partial charge on any atom is -0.510 e. The number of nitrogens with zero attached hydrogens (tertiary/aromatic N) is 2. The van der Waals surface area contributed by atoms with Gasteiger partial charge in [0.25, 0.3) is 0 Å². The van der Waals surface area contributed by atoms with Crippen LogP contribution < -0.4 is 0 Å². The van der Waals surface area contributed by atoms with Crippen LogP contribution in [0.15, 0.2) is 58.1 Å². The first-order valence-corrected chi connectivity index (χ1v) is 8.15. The number of fused-ring (bicyclic) bond motifs is 2. The van der Waals surface area contributed by atoms with Crippen molar-refractivity contribution in [2.45, 2.75) is 13.8 Å². The Labute approximate surface area is 158 Å². The lowest BCUT2D eigenvalue weighted by molar-refractivity contribution is -0.113. The molecule has 0 atom stereocenters. The normalized spacial score (nSPS) is 13.8. The lowest BCUT2D eigenvalue weighted by Gasteiger charge is -2.19. The fourth-order valence-electron chi connectivity index (χ4n) is 2.94. The molecule has 0 aliphatic heterocycles. The van der Waals surface area contributed by atoms with Gasteiger partial charge in [0.05, 0.1) is 11.1 Å². The van der Waals surface area contributed by atoms with Crippen molar-refractivity contribution in [3.63, 3.8) is 0 Å². The van der Waals surface area contributed by atoms with E-state index in [1.165, 1.54) is 25.1 Å². The van der Waals surface area contributed by atoms with Gasteiger partial charge in [-0.2, -0.15) is 0 Å². The maximum atomic E-state index is 13.0. The largest absolute Gasteiger partial charge is 0.510 e. The van der Waals surface area contributed by atoms with Gasteiger partial charge in [-0.25, -0.2) is 4.79 Å². The molecule has 28 heavy (non-hydrogen) atoms. The Morgan fingerprint density at radius 1 is 0.857 bits per heavy atom. The second-order valence-corrected chi connectivity index (χ2v) is 6.08. The lowest BCUT2D eigenvalue weighted by atomic mass is 9.82. The van der Waals surface area contributed by atoms with Gasteiger partial charge in [-0.15, -0.1) is 10.2 Å². The standard InChI is InChI=1S/C20H14N2O6/c1-9(23)16(10(2)24)21-22-17-14(20(27)28)8-7-13-15(17)19(26)12-6-4-3-5-11(12)18(13)25/h3-8,23H,1-2H3,(H,27,28)/b16-9-,22-21?. The van der Waals surface area contributed by atoms with E-state index < -0.39 is 29.1 Å². The number of carboxylic acid groups (broad SMARTS) is 1. The highest BCUT2D eigenvalue weighted by molar-refractivity contribution is 6.30. The molecule has 2 aromatic carbocycles. The Morgan fingerprint density at radius 2 is 1.46 bits per heavy atom. The number of hydrogen-bond acceptors (Lipinski definition) is 7. The topological polar surface area (TPSA) is 133 Å². The summed E-state index contributed by atoms with van der Waals surface area (Å²) in [5, 5.41) is 26.5. The number of azo groups is 1. The number of hydrogen-bond donors (Lipinski definition) is 2. The number of Topliss-reactive ketones (excluding diaryl/α,β-unsaturated/α-hetero) is 1. The third kappa shape index (κ3) is 3.01. The molecule has 0 radical (unpaired) electrons. The third-order valence-corrected chi connectivity index (χ3v) is 4.22. The molecular weight excluding hydrogens is 364 g/mol. The number of carbonyl (C=O) groups excluding carboxylic acids is 3. The third-order valence-electron chi connectivity index (χ3n) is 4.22. The van der Waals surface area contributed by atoms with Gasteiger partial charge in [0.15, 0.2) is 23.0 Å². The number of allylic oxidation sites excluding steroid dienone is 2. The number of rotatable bonds is 4. The number of aromatic carboxylic acids is 1. The first-order valence-electron chi connectivity index (χ1n) is 8.15. The van der Waals surface area contributed by atoms with Gasteiger partial charge in [-0.05, 0) is 19.1 Å². The van der Waals surface area contributed by atoms with Gasteiger partial charge in [0.1, 0.15) is 11.4 Å². The average molecular weight is 378 g/mol. The summed E-state index contributed by atoms with van der Waals surface area (Å²) in [5.41, 5.74) is -0.966. The molecule has 8 nitrogen and oxygen atoms in total. The highest BCUT2D eigenvalue weighted by Gasteiger charge is 2.33. The summed E-state index contributed by atoms with van der Waals surface area (Å²) in [6.45, 7) is 2.37. The summed E-state index contributed by atoms with van der Waals surface area (Å²) in [4.78, 5) is 49.0. The smallest absolute Gasteiger partial charge is 0.337 e. The molecule has 0 amide bonds. The molecule has 0 unspecified atom stereocenters. The molecule has 0 fully saturated rings. The van der Waals surface area contributed by atoms with E-state index in [-0.39, 0.29) is 39.2 Å². The Balaban J connectivity index is 2.30. The van der Waals surface area contributed by atoms with E-state index >= 15 is 0 Å². The molecule has 8 heteroatoms. The van der Waals surface area contributed by atoms with Crippen LogP contribution in [0.1, 0.15) is 56.0 Å². The molecule has 2 N–H and O–H groups in total. The molecular formula is C20H14N2O6. The molecule has 1 aliphatic rings. The van der Waals surface area contributed by atoms with Crippen molar-refractivity contribution in [2.75, 3.05) is 0 Å². The zero-order valence-corrected chi connectivity index (χ0v) is 14.9. The number of carbonyl (C=O) groups is 4. The van der Waals surface area contributed by atoms with Crippen LogP contribution in [-0.4, -0.2) is 33.5 Å². The molecule has 0 bridgehead atoms. The first-order chi connectivity index (χ1) is 13.2. The fraction of sp³-hybridized carbons (Fsp3) is 0.100. The highest BCUT2D eigenvalue weighted by Crippen LogP contribution is 2.36. The van der Waals surface area contributed by atoms with Crippen molar-refractivity contribution in [2.24, 2.45) is 10.2 Å². The van der Waals surface area contributed by atoms with Crippen LogP contribution in [0, 0.1) is 0 Å². The van der Waals surface area contributed by atoms with E-state index in [1.807, 2.05) is 0 Å². The molecule has 3 rings (SSSR count). The Bertz CT molecular complexity index is 1120. The van der Waals surface area contributed by atoms with Crippen LogP contribution in [-0.2, 0) is 4.79 Å². The van der Waals surface area contributed by atoms with Gasteiger partial charge < -0.3 is 10.2 Å². The quantitative estimate of drug-likeness (QED) is 0.404. The van der Waals surface area contributed by atoms with Crippen LogP contribution in [0.25, 0.3) is 0 Å². The number of carboxylic acids is 1. The molecule has 140 valence electrons. The van der Waals surface area contributed by atoms with E-state index in [0.717, 1.165) is 13.0 Å². The zero-order chi connectivity index (χ0) is 20.6. The summed E-state index contributed by atoms with van der Waals surface area (Å²) < 4.78 is 0. The summed E-state index contributed by atoms with van der Waals surface area (Å²) >= 11 is 0. The summed E-state index contributed by atoms with van der Waals surface area (Å²) in [6, 6.07) is 8.59. The summed E-state index contributed by atoms with van der Waals surface area (Å²) in [6.07, 6.45) is 0. The van der Waals surface area contributed by atoms with Crippen LogP contribution in [0.3, 0.4) is 0 Å². The minimum atomic E-state index is -1.38. The van der Waals surface area contributed by atoms with E-state index in [9.17, 15) is 29.4 Å². The van der Waals surface area contributed by atoms with Crippen molar-refractivity contribution in [1.29, 1.82) is 0 Å². The molecule has 0 heterocycles. The van der Waals surface area contributed by atoms with Crippen molar-refractivity contribution in [3.8, 4) is 0 Å². The van der Waals surface area contributed by atoms with Gasteiger partial charge in [-0.3, -0.25) is 14.4 Å². The number of aliphatic hydroxyl groups is 1. The van der Waals surface area contributed by atoms with Gasteiger partial charge >= 0.3 is 5.97 Å². The van der Waals surface area contributed by atoms with Crippen LogP contribution in [0.2, 0.25) is 0 Å². The maximum absolute atomic E-state index is 13.0. The predicted octanol–water partition coefficient (Wildman–Crippen LogP) is 3.62. The minimum absolute atomic E-state index is 0.00303. The predicted molar refractivity (Wildman–Crippen MR) is 97.2 cm³/mol. The molecule has 0 aromatic heterocycles. The number of ketones is 3. The van der Waals surface area contributed by atoms with Gasteiger partial charge in [0, 0.05) is 23.6 Å². The molecule has 0 spiro atoms. The van der Waals surface area contributed by atoms with Crippen LogP contribution in [0.4, 0.5) is 5.69 Å². The van der Waals surface area contributed by atoms with Gasteiger partial charge in [0.2, 0.25) is 0 Å². The van der Waals surface area contributed by atoms with Gasteiger partial charge in [-0.1, -0.05) is 24.3 Å². The van der Waals surface area contributed by atoms with Crippen LogP contribution >= 0.6 is 0 Å². The van der Waals surface area contributed by atoms with E-state index in [4.69, 9.17) is 0 Å². The zero-order valence-electron chi connectivity index (χ0n) is 14.9. The second-order valence-electron chi connectivity index (χ2n) is 6.08. The van der Waals surface area contributed by atoms with E-state index in [1.54, 1.807) is 12.1 Å². The number of aliphatic hydroxyl groups excluding tert-OH is 1. The average Bonchev–Trinajstić information content (AvgIpc) is 2.65. The monoisotopic (exact) mass is 378 g/mol. The van der Waals surface area contributed by atoms with Crippen molar-refractivity contribution >= 4 is 29.0 Å². The Kier molecular flexibility index (Phi) is 4.70. The SMILES string of the molecule is CC(=O)/C(N=Nc1c(C(=O)O)ccc2c1C(=O)c1ccccc1C2=O)=C(\C)O. The lowest BCUT2D eigenvalue weighted by Crippen LogP contribution is -2.21. The van der Waals surface area contributed by atoms with Crippen molar-refractivity contribution in [3.05, 3.63) is 75.7 Å². The molecule has 2 aromatic rings. The Hall–Kier alpha value is -3.94. The summed E-state index contributed by atoms with van der Waals surface area (Å²) in [7, 11) is 0. The number of benzene rings is 2. The van der Waals surface area contributed by atoms with Crippen molar-refractivity contribution < 1.29 is 29.4 Å². The molecule has 0 saturated carbocycles. The summed E-state index contributed by atoms with van der Waals surface area (Å²) in [5.74, 6) is -3.41. The fourth-order valence-corrected chi connectivity index (χ4v) is 2.94. The highest BCUT2D eigenvalue weighted by atomic mass is 16.4. The maximum Gasteiger partial charge on any atom is 0.337 e. The van der Waals surface area contributed by atoms with E-state index in [0.29, 0.717) is 0 Å². The van der Waals surface area contributed by atoms with E-state index in [2.05, 4.69) is 10.2 Å².